The molecule has 0 saturated heterocycles. The second kappa shape index (κ2) is 5.14. The Hall–Kier alpha value is -1.32. The maximum absolute atomic E-state index is 5.83. The van der Waals surface area contributed by atoms with Crippen LogP contribution >= 0.6 is 22.9 Å². The molecule has 2 rings (SSSR count). The first-order valence-electron chi connectivity index (χ1n) is 4.71. The van der Waals surface area contributed by atoms with Gasteiger partial charge < -0.3 is 4.74 Å². The minimum absolute atomic E-state index is 0.770. The third kappa shape index (κ3) is 2.84. The van der Waals surface area contributed by atoms with E-state index in [2.05, 4.69) is 4.99 Å². The average Bonchev–Trinajstić information content (AvgIpc) is 2.73. The standard InChI is InChI=1S/C12H10ClNOS/c1-15-10-4-2-3-9(7-10)14-8-11-5-6-12(13)16-11/h2-8H,1H3. The molecule has 0 fully saturated rings. The van der Waals surface area contributed by atoms with Crippen molar-refractivity contribution in [2.24, 2.45) is 4.99 Å². The molecule has 2 aromatic rings. The van der Waals surface area contributed by atoms with Gasteiger partial charge in [0.15, 0.2) is 0 Å². The van der Waals surface area contributed by atoms with Gasteiger partial charge in [0.1, 0.15) is 5.75 Å². The summed E-state index contributed by atoms with van der Waals surface area (Å²) in [7, 11) is 1.64. The van der Waals surface area contributed by atoms with E-state index in [4.69, 9.17) is 16.3 Å². The fourth-order valence-electron chi connectivity index (χ4n) is 1.23. The Morgan fingerprint density at radius 1 is 1.31 bits per heavy atom. The lowest BCUT2D eigenvalue weighted by molar-refractivity contribution is 0.415. The van der Waals surface area contributed by atoms with Crippen molar-refractivity contribution in [1.29, 1.82) is 0 Å². The van der Waals surface area contributed by atoms with Crippen LogP contribution in [0.15, 0.2) is 41.4 Å². The third-order valence-corrected chi connectivity index (χ3v) is 3.15. The van der Waals surface area contributed by atoms with E-state index < -0.39 is 0 Å². The highest BCUT2D eigenvalue weighted by molar-refractivity contribution is 7.17. The van der Waals surface area contributed by atoms with Crippen molar-refractivity contribution in [3.63, 3.8) is 0 Å². The first-order valence-corrected chi connectivity index (χ1v) is 5.91. The van der Waals surface area contributed by atoms with Gasteiger partial charge in [0, 0.05) is 17.2 Å². The zero-order chi connectivity index (χ0) is 11.4. The molecule has 1 aromatic carbocycles. The molecule has 0 unspecified atom stereocenters. The van der Waals surface area contributed by atoms with Crippen LogP contribution in [0.3, 0.4) is 0 Å². The van der Waals surface area contributed by atoms with E-state index in [0.29, 0.717) is 0 Å². The quantitative estimate of drug-likeness (QED) is 0.751. The molecule has 82 valence electrons. The first kappa shape index (κ1) is 11.2. The number of halogens is 1. The molecule has 4 heteroatoms. The lowest BCUT2D eigenvalue weighted by Crippen LogP contribution is -1.80. The van der Waals surface area contributed by atoms with Crippen LogP contribution < -0.4 is 4.74 Å². The Kier molecular flexibility index (Phi) is 3.59. The molecule has 0 N–H and O–H groups in total. The number of methoxy groups -OCH3 is 1. The number of thiophene rings is 1. The lowest BCUT2D eigenvalue weighted by atomic mass is 10.3. The molecule has 0 atom stereocenters. The Morgan fingerprint density at radius 2 is 2.19 bits per heavy atom. The summed E-state index contributed by atoms with van der Waals surface area (Å²) in [5, 5.41) is 0. The topological polar surface area (TPSA) is 21.6 Å². The van der Waals surface area contributed by atoms with Crippen molar-refractivity contribution >= 4 is 34.8 Å². The van der Waals surface area contributed by atoms with Crippen molar-refractivity contribution in [1.82, 2.24) is 0 Å². The number of hydrogen-bond donors (Lipinski definition) is 0. The summed E-state index contributed by atoms with van der Waals surface area (Å²) < 4.78 is 5.89. The van der Waals surface area contributed by atoms with Gasteiger partial charge in [-0.25, -0.2) is 0 Å². The maximum atomic E-state index is 5.83. The van der Waals surface area contributed by atoms with Gasteiger partial charge >= 0.3 is 0 Å². The van der Waals surface area contributed by atoms with E-state index in [1.54, 1.807) is 13.3 Å². The predicted octanol–water partition coefficient (Wildman–Crippen LogP) is 4.16. The summed E-state index contributed by atoms with van der Waals surface area (Å²) in [4.78, 5) is 5.38. The van der Waals surface area contributed by atoms with Crippen LogP contribution in [0.1, 0.15) is 4.88 Å². The zero-order valence-electron chi connectivity index (χ0n) is 8.68. The van der Waals surface area contributed by atoms with E-state index in [1.807, 2.05) is 36.4 Å². The normalized spacial score (nSPS) is 10.9. The fourth-order valence-corrected chi connectivity index (χ4v) is 2.16. The average molecular weight is 252 g/mol. The highest BCUT2D eigenvalue weighted by Crippen LogP contribution is 2.22. The first-order chi connectivity index (χ1) is 7.78. The van der Waals surface area contributed by atoms with Crippen molar-refractivity contribution in [2.75, 3.05) is 7.11 Å². The van der Waals surface area contributed by atoms with Gasteiger partial charge in [0.2, 0.25) is 0 Å². The van der Waals surface area contributed by atoms with Crippen molar-refractivity contribution in [3.05, 3.63) is 45.6 Å². The molecular weight excluding hydrogens is 242 g/mol. The van der Waals surface area contributed by atoms with Crippen molar-refractivity contribution < 1.29 is 4.74 Å². The summed E-state index contributed by atoms with van der Waals surface area (Å²) in [6.07, 6.45) is 1.80. The Bertz CT molecular complexity index is 507. The number of aliphatic imine (C=N–C) groups is 1. The fraction of sp³-hybridized carbons (Fsp3) is 0.0833. The maximum Gasteiger partial charge on any atom is 0.121 e. The number of ether oxygens (including phenoxy) is 1. The van der Waals surface area contributed by atoms with Crippen LogP contribution in [0.4, 0.5) is 5.69 Å². The summed E-state index contributed by atoms with van der Waals surface area (Å²) in [5.74, 6) is 0.805. The van der Waals surface area contributed by atoms with Crippen LogP contribution in [0.25, 0.3) is 0 Å². The monoisotopic (exact) mass is 251 g/mol. The number of benzene rings is 1. The van der Waals surface area contributed by atoms with Gasteiger partial charge in [-0.15, -0.1) is 11.3 Å². The molecule has 1 aromatic heterocycles. The van der Waals surface area contributed by atoms with Crippen LogP contribution in [-0.4, -0.2) is 13.3 Å². The number of nitrogens with zero attached hydrogens (tertiary/aromatic N) is 1. The second-order valence-electron chi connectivity index (χ2n) is 3.10. The molecule has 0 aliphatic heterocycles. The SMILES string of the molecule is COc1cccc(N=Cc2ccc(Cl)s2)c1. The minimum atomic E-state index is 0.770. The molecule has 0 bridgehead atoms. The number of hydrogen-bond acceptors (Lipinski definition) is 3. The highest BCUT2D eigenvalue weighted by Gasteiger charge is 1.95. The highest BCUT2D eigenvalue weighted by atomic mass is 35.5. The molecule has 1 heterocycles. The van der Waals surface area contributed by atoms with E-state index in [0.717, 1.165) is 20.7 Å². The van der Waals surface area contributed by atoms with E-state index in [-0.39, 0.29) is 0 Å². The van der Waals surface area contributed by atoms with Crippen LogP contribution in [-0.2, 0) is 0 Å². The molecular formula is C12H10ClNOS. The second-order valence-corrected chi connectivity index (χ2v) is 4.85. The van der Waals surface area contributed by atoms with Gasteiger partial charge in [-0.05, 0) is 24.3 Å². The smallest absolute Gasteiger partial charge is 0.121 e. The third-order valence-electron chi connectivity index (χ3n) is 1.99. The number of rotatable bonds is 3. The van der Waals surface area contributed by atoms with Crippen molar-refractivity contribution in [3.8, 4) is 5.75 Å². The van der Waals surface area contributed by atoms with E-state index in [1.165, 1.54) is 11.3 Å². The molecule has 0 spiro atoms. The van der Waals surface area contributed by atoms with Gasteiger partial charge in [-0.2, -0.15) is 0 Å². The molecule has 0 amide bonds. The van der Waals surface area contributed by atoms with E-state index >= 15 is 0 Å². The van der Waals surface area contributed by atoms with Crippen LogP contribution in [0, 0.1) is 0 Å². The minimum Gasteiger partial charge on any atom is -0.497 e. The molecule has 0 aliphatic carbocycles. The summed E-state index contributed by atoms with van der Waals surface area (Å²) in [6, 6.07) is 11.4. The van der Waals surface area contributed by atoms with Crippen LogP contribution in [0.5, 0.6) is 5.75 Å². The zero-order valence-corrected chi connectivity index (χ0v) is 10.3. The van der Waals surface area contributed by atoms with Crippen LogP contribution in [0.2, 0.25) is 4.34 Å². The van der Waals surface area contributed by atoms with E-state index in [9.17, 15) is 0 Å². The summed E-state index contributed by atoms with van der Waals surface area (Å²) in [6.45, 7) is 0. The van der Waals surface area contributed by atoms with Gasteiger partial charge in [-0.1, -0.05) is 17.7 Å². The molecule has 0 saturated carbocycles. The lowest BCUT2D eigenvalue weighted by Gasteiger charge is -1.99. The Morgan fingerprint density at radius 3 is 2.88 bits per heavy atom. The van der Waals surface area contributed by atoms with Gasteiger partial charge in [0.25, 0.3) is 0 Å². The summed E-state index contributed by atoms with van der Waals surface area (Å²) in [5.41, 5.74) is 0.865. The van der Waals surface area contributed by atoms with Crippen molar-refractivity contribution in [2.45, 2.75) is 0 Å². The molecule has 16 heavy (non-hydrogen) atoms. The van der Waals surface area contributed by atoms with Gasteiger partial charge in [-0.3, -0.25) is 4.99 Å². The predicted molar refractivity (Wildman–Crippen MR) is 69.6 cm³/mol. The molecule has 0 aliphatic rings. The van der Waals surface area contributed by atoms with Gasteiger partial charge in [0.05, 0.1) is 17.1 Å². The Balaban J connectivity index is 2.16. The molecule has 0 radical (unpaired) electrons. The largest absolute Gasteiger partial charge is 0.497 e. The summed E-state index contributed by atoms with van der Waals surface area (Å²) >= 11 is 7.33. The molecule has 2 nitrogen and oxygen atoms in total. The Labute approximate surface area is 103 Å².